The summed E-state index contributed by atoms with van der Waals surface area (Å²) in [4.78, 5) is 15.0. The number of nitrogens with one attached hydrogen (secondary N) is 1. The van der Waals surface area contributed by atoms with E-state index < -0.39 is 11.9 Å². The van der Waals surface area contributed by atoms with E-state index in [4.69, 9.17) is 0 Å². The van der Waals surface area contributed by atoms with Crippen LogP contribution in [0.3, 0.4) is 0 Å². The van der Waals surface area contributed by atoms with E-state index in [9.17, 15) is 9.18 Å². The van der Waals surface area contributed by atoms with E-state index in [-0.39, 0.29) is 11.0 Å². The molecule has 0 bridgehead atoms. The predicted octanol–water partition coefficient (Wildman–Crippen LogP) is 1.88. The van der Waals surface area contributed by atoms with Crippen LogP contribution < -0.4 is 5.32 Å². The Bertz CT molecular complexity index is 383. The maximum atomic E-state index is 13.4. The van der Waals surface area contributed by atoms with Gasteiger partial charge in [-0.3, -0.25) is 4.79 Å². The van der Waals surface area contributed by atoms with E-state index in [0.29, 0.717) is 5.56 Å². The molecule has 1 amide bonds. The lowest BCUT2D eigenvalue weighted by Gasteiger charge is -2.21. The van der Waals surface area contributed by atoms with Crippen molar-refractivity contribution in [1.29, 1.82) is 0 Å². The van der Waals surface area contributed by atoms with Gasteiger partial charge < -0.3 is 5.32 Å². The zero-order valence-corrected chi connectivity index (χ0v) is 9.39. The van der Waals surface area contributed by atoms with Crippen LogP contribution >= 0.6 is 0 Å². The second kappa shape index (κ2) is 3.96. The minimum absolute atomic E-state index is 0.0347. The van der Waals surface area contributed by atoms with E-state index >= 15 is 0 Å². The third-order valence-corrected chi connectivity index (χ3v) is 2.17. The fourth-order valence-corrected chi connectivity index (χ4v) is 1.40. The Morgan fingerprint density at radius 2 is 2.07 bits per heavy atom. The summed E-state index contributed by atoms with van der Waals surface area (Å²) in [6, 6.07) is 1.67. The van der Waals surface area contributed by atoms with Crippen molar-refractivity contribution in [3.8, 4) is 0 Å². The SMILES string of the molecule is CNC(=O)c1c(C(C)(C)C)ccnc1F. The molecule has 1 N–H and O–H groups in total. The zero-order valence-electron chi connectivity index (χ0n) is 9.39. The first kappa shape index (κ1) is 11.6. The molecule has 0 aromatic carbocycles. The molecule has 1 aromatic rings. The third kappa shape index (κ3) is 2.32. The molecule has 4 heteroatoms. The highest BCUT2D eigenvalue weighted by Crippen LogP contribution is 2.26. The van der Waals surface area contributed by atoms with Crippen LogP contribution in [-0.2, 0) is 5.41 Å². The smallest absolute Gasteiger partial charge is 0.255 e. The van der Waals surface area contributed by atoms with Crippen LogP contribution in [-0.4, -0.2) is 17.9 Å². The van der Waals surface area contributed by atoms with Crippen LogP contribution in [0.1, 0.15) is 36.7 Å². The van der Waals surface area contributed by atoms with Crippen molar-refractivity contribution in [3.05, 3.63) is 29.3 Å². The van der Waals surface area contributed by atoms with Crippen LogP contribution in [0, 0.1) is 5.95 Å². The molecule has 0 aliphatic rings. The van der Waals surface area contributed by atoms with Crippen molar-refractivity contribution in [3.63, 3.8) is 0 Å². The van der Waals surface area contributed by atoms with Gasteiger partial charge in [-0.1, -0.05) is 20.8 Å². The largest absolute Gasteiger partial charge is 0.355 e. The van der Waals surface area contributed by atoms with Gasteiger partial charge in [-0.2, -0.15) is 4.39 Å². The number of rotatable bonds is 1. The van der Waals surface area contributed by atoms with Gasteiger partial charge in [-0.15, -0.1) is 0 Å². The molecule has 0 saturated heterocycles. The lowest BCUT2D eigenvalue weighted by atomic mass is 9.84. The average molecular weight is 210 g/mol. The number of aromatic nitrogens is 1. The molecule has 0 aliphatic heterocycles. The second-order valence-corrected chi connectivity index (χ2v) is 4.35. The van der Waals surface area contributed by atoms with Crippen molar-refractivity contribution >= 4 is 5.91 Å². The van der Waals surface area contributed by atoms with E-state index in [2.05, 4.69) is 10.3 Å². The predicted molar refractivity (Wildman–Crippen MR) is 56.3 cm³/mol. The van der Waals surface area contributed by atoms with E-state index in [1.54, 1.807) is 6.07 Å². The Labute approximate surface area is 88.7 Å². The van der Waals surface area contributed by atoms with Gasteiger partial charge in [-0.25, -0.2) is 4.98 Å². The fraction of sp³-hybridized carbons (Fsp3) is 0.455. The first-order chi connectivity index (χ1) is 6.88. The monoisotopic (exact) mass is 210 g/mol. The molecule has 82 valence electrons. The summed E-state index contributed by atoms with van der Waals surface area (Å²) in [6.07, 6.45) is 1.38. The number of carbonyl (C=O) groups is 1. The molecule has 0 atom stereocenters. The van der Waals surface area contributed by atoms with Crippen molar-refractivity contribution in [2.45, 2.75) is 26.2 Å². The molecule has 3 nitrogen and oxygen atoms in total. The van der Waals surface area contributed by atoms with Gasteiger partial charge >= 0.3 is 0 Å². The first-order valence-corrected chi connectivity index (χ1v) is 4.75. The topological polar surface area (TPSA) is 42.0 Å². The first-order valence-electron chi connectivity index (χ1n) is 4.75. The Morgan fingerprint density at radius 3 is 2.53 bits per heavy atom. The lowest BCUT2D eigenvalue weighted by molar-refractivity contribution is 0.0955. The molecular weight excluding hydrogens is 195 g/mol. The van der Waals surface area contributed by atoms with Crippen LogP contribution in [0.2, 0.25) is 0 Å². The number of nitrogens with zero attached hydrogens (tertiary/aromatic N) is 1. The number of halogens is 1. The number of pyridine rings is 1. The molecule has 1 aromatic heterocycles. The molecule has 1 heterocycles. The summed E-state index contributed by atoms with van der Waals surface area (Å²) < 4.78 is 13.4. The van der Waals surface area contributed by atoms with E-state index in [1.165, 1.54) is 13.2 Å². The quantitative estimate of drug-likeness (QED) is 0.719. The molecule has 1 rings (SSSR count). The minimum Gasteiger partial charge on any atom is -0.355 e. The van der Waals surface area contributed by atoms with Crippen molar-refractivity contribution in [1.82, 2.24) is 10.3 Å². The van der Waals surface area contributed by atoms with Crippen LogP contribution in [0.25, 0.3) is 0 Å². The van der Waals surface area contributed by atoms with Crippen LogP contribution in [0.4, 0.5) is 4.39 Å². The molecule has 0 radical (unpaired) electrons. The molecular formula is C11H15FN2O. The van der Waals surface area contributed by atoms with Gasteiger partial charge in [-0.05, 0) is 17.0 Å². The standard InChI is InChI=1S/C11H15FN2O/c1-11(2,3)7-5-6-14-9(12)8(7)10(15)13-4/h5-6H,1-4H3,(H,13,15). The molecule has 0 spiro atoms. The van der Waals surface area contributed by atoms with Gasteiger partial charge in [0.15, 0.2) is 0 Å². The van der Waals surface area contributed by atoms with Crippen molar-refractivity contribution in [2.75, 3.05) is 7.05 Å². The molecule has 0 saturated carbocycles. The molecule has 0 unspecified atom stereocenters. The maximum Gasteiger partial charge on any atom is 0.255 e. The van der Waals surface area contributed by atoms with Gasteiger partial charge in [0.05, 0.1) is 5.56 Å². The number of hydrogen-bond acceptors (Lipinski definition) is 2. The Hall–Kier alpha value is -1.45. The Morgan fingerprint density at radius 1 is 1.47 bits per heavy atom. The number of amides is 1. The van der Waals surface area contributed by atoms with Gasteiger partial charge in [0.25, 0.3) is 5.91 Å². The molecule has 0 aliphatic carbocycles. The lowest BCUT2D eigenvalue weighted by Crippen LogP contribution is -2.26. The van der Waals surface area contributed by atoms with E-state index in [0.717, 1.165) is 0 Å². The zero-order chi connectivity index (χ0) is 11.6. The Kier molecular flexibility index (Phi) is 3.07. The normalized spacial score (nSPS) is 11.3. The highest BCUT2D eigenvalue weighted by molar-refractivity contribution is 5.95. The minimum atomic E-state index is -0.721. The fourth-order valence-electron chi connectivity index (χ4n) is 1.40. The summed E-state index contributed by atoms with van der Waals surface area (Å²) in [5.74, 6) is -1.16. The summed E-state index contributed by atoms with van der Waals surface area (Å²) >= 11 is 0. The average Bonchev–Trinajstić information content (AvgIpc) is 2.15. The second-order valence-electron chi connectivity index (χ2n) is 4.35. The van der Waals surface area contributed by atoms with Crippen LogP contribution in [0.15, 0.2) is 12.3 Å². The maximum absolute atomic E-state index is 13.4. The molecule has 15 heavy (non-hydrogen) atoms. The molecule has 0 fully saturated rings. The highest BCUT2D eigenvalue weighted by atomic mass is 19.1. The summed E-state index contributed by atoms with van der Waals surface area (Å²) in [5.41, 5.74) is 0.410. The van der Waals surface area contributed by atoms with Crippen LogP contribution in [0.5, 0.6) is 0 Å². The summed E-state index contributed by atoms with van der Waals surface area (Å²) in [5, 5.41) is 2.42. The van der Waals surface area contributed by atoms with E-state index in [1.807, 2.05) is 20.8 Å². The third-order valence-electron chi connectivity index (χ3n) is 2.17. The van der Waals surface area contributed by atoms with Crippen molar-refractivity contribution < 1.29 is 9.18 Å². The highest BCUT2D eigenvalue weighted by Gasteiger charge is 2.24. The summed E-state index contributed by atoms with van der Waals surface area (Å²) in [6.45, 7) is 5.77. The number of carbonyl (C=O) groups excluding carboxylic acids is 1. The van der Waals surface area contributed by atoms with Gasteiger partial charge in [0, 0.05) is 13.2 Å². The van der Waals surface area contributed by atoms with Gasteiger partial charge in [0.1, 0.15) is 0 Å². The van der Waals surface area contributed by atoms with Gasteiger partial charge in [0.2, 0.25) is 5.95 Å². The Balaban J connectivity index is 3.40. The summed E-state index contributed by atoms with van der Waals surface area (Å²) in [7, 11) is 1.47. The number of hydrogen-bond donors (Lipinski definition) is 1. The van der Waals surface area contributed by atoms with Crippen molar-refractivity contribution in [2.24, 2.45) is 0 Å².